The van der Waals surface area contributed by atoms with Crippen LogP contribution in [0.5, 0.6) is 11.5 Å². The summed E-state index contributed by atoms with van der Waals surface area (Å²) < 4.78 is 24.6. The summed E-state index contributed by atoms with van der Waals surface area (Å²) in [5.74, 6) is 1.38. The lowest BCUT2D eigenvalue weighted by Crippen LogP contribution is -2.16. The number of ether oxygens (including phenoxy) is 2. The number of rotatable bonds is 9. The van der Waals surface area contributed by atoms with Gasteiger partial charge < -0.3 is 14.8 Å². The Labute approximate surface area is 171 Å². The van der Waals surface area contributed by atoms with Gasteiger partial charge in [-0.1, -0.05) is 42.5 Å². The Bertz CT molecular complexity index is 855. The van der Waals surface area contributed by atoms with Crippen LogP contribution in [0.25, 0.3) is 0 Å². The lowest BCUT2D eigenvalue weighted by Gasteiger charge is -2.10. The summed E-state index contributed by atoms with van der Waals surface area (Å²) in [6.07, 6.45) is 0.952. The minimum absolute atomic E-state index is 0. The molecule has 0 aliphatic carbocycles. The first-order chi connectivity index (χ1) is 13.2. The van der Waals surface area contributed by atoms with Crippen LogP contribution in [0.15, 0.2) is 72.8 Å². The van der Waals surface area contributed by atoms with Crippen LogP contribution in [0, 0.1) is 5.82 Å². The Kier molecular flexibility index (Phi) is 8.79. The van der Waals surface area contributed by atoms with Crippen molar-refractivity contribution in [2.45, 2.75) is 19.6 Å². The number of hydrogen-bond acceptors (Lipinski definition) is 3. The lowest BCUT2D eigenvalue weighted by molar-refractivity contribution is 0.299. The fourth-order valence-electron chi connectivity index (χ4n) is 2.78. The van der Waals surface area contributed by atoms with E-state index >= 15 is 0 Å². The molecule has 3 nitrogen and oxygen atoms in total. The van der Waals surface area contributed by atoms with Crippen LogP contribution in [0.2, 0.25) is 0 Å². The summed E-state index contributed by atoms with van der Waals surface area (Å²) in [5.41, 5.74) is 2.96. The number of nitrogens with one attached hydrogen (secondary N) is 1. The Morgan fingerprint density at radius 1 is 0.857 bits per heavy atom. The van der Waals surface area contributed by atoms with Crippen LogP contribution in [-0.2, 0) is 19.6 Å². The van der Waals surface area contributed by atoms with Gasteiger partial charge in [-0.2, -0.15) is 0 Å². The van der Waals surface area contributed by atoms with Crippen molar-refractivity contribution in [2.75, 3.05) is 13.7 Å². The highest BCUT2D eigenvalue weighted by molar-refractivity contribution is 5.85. The highest BCUT2D eigenvalue weighted by Crippen LogP contribution is 2.16. The molecule has 0 radical (unpaired) electrons. The fourth-order valence-corrected chi connectivity index (χ4v) is 2.78. The van der Waals surface area contributed by atoms with E-state index < -0.39 is 0 Å². The van der Waals surface area contributed by atoms with E-state index in [-0.39, 0.29) is 24.8 Å². The zero-order valence-corrected chi connectivity index (χ0v) is 16.7. The third-order valence-electron chi connectivity index (χ3n) is 4.33. The highest BCUT2D eigenvalue weighted by Gasteiger charge is 2.03. The van der Waals surface area contributed by atoms with Crippen LogP contribution in [0.1, 0.15) is 16.7 Å². The SMILES string of the molecule is COc1ccc(CCNCc2cccc(OCc3ccccc3F)c2)cc1.Cl. The van der Waals surface area contributed by atoms with Crippen molar-refractivity contribution in [1.82, 2.24) is 5.32 Å². The van der Waals surface area contributed by atoms with Gasteiger partial charge in [-0.05, 0) is 54.4 Å². The van der Waals surface area contributed by atoms with E-state index in [1.807, 2.05) is 36.4 Å². The third-order valence-corrected chi connectivity index (χ3v) is 4.33. The molecule has 0 atom stereocenters. The standard InChI is InChI=1S/C23H24FNO2.ClH/c1-26-21-11-9-18(10-12-21)13-14-25-16-19-5-4-7-22(15-19)27-17-20-6-2-3-8-23(20)24;/h2-12,15,25H,13-14,16-17H2,1H3;1H. The van der Waals surface area contributed by atoms with Crippen molar-refractivity contribution in [1.29, 1.82) is 0 Å². The van der Waals surface area contributed by atoms with E-state index in [9.17, 15) is 4.39 Å². The molecule has 0 saturated heterocycles. The molecule has 148 valence electrons. The Balaban J connectivity index is 0.00000280. The van der Waals surface area contributed by atoms with Gasteiger partial charge in [0.2, 0.25) is 0 Å². The molecule has 0 saturated carbocycles. The number of halogens is 2. The van der Waals surface area contributed by atoms with E-state index in [1.165, 1.54) is 11.6 Å². The zero-order valence-electron chi connectivity index (χ0n) is 15.9. The summed E-state index contributed by atoms with van der Waals surface area (Å²) >= 11 is 0. The van der Waals surface area contributed by atoms with Crippen LogP contribution < -0.4 is 14.8 Å². The Morgan fingerprint density at radius 2 is 1.64 bits per heavy atom. The molecule has 3 aromatic rings. The molecule has 28 heavy (non-hydrogen) atoms. The maximum atomic E-state index is 13.7. The second kappa shape index (κ2) is 11.3. The van der Waals surface area contributed by atoms with E-state index in [2.05, 4.69) is 23.5 Å². The lowest BCUT2D eigenvalue weighted by atomic mass is 10.1. The van der Waals surface area contributed by atoms with Gasteiger partial charge in [0.05, 0.1) is 7.11 Å². The maximum absolute atomic E-state index is 13.7. The van der Waals surface area contributed by atoms with Crippen molar-refractivity contribution in [3.8, 4) is 11.5 Å². The van der Waals surface area contributed by atoms with Gasteiger partial charge in [0, 0.05) is 12.1 Å². The summed E-state index contributed by atoms with van der Waals surface area (Å²) in [5, 5.41) is 3.44. The first-order valence-corrected chi connectivity index (χ1v) is 9.03. The first-order valence-electron chi connectivity index (χ1n) is 9.03. The van der Waals surface area contributed by atoms with Crippen LogP contribution in [0.4, 0.5) is 4.39 Å². The predicted octanol–water partition coefficient (Wildman–Crippen LogP) is 5.17. The predicted molar refractivity (Wildman–Crippen MR) is 113 cm³/mol. The van der Waals surface area contributed by atoms with Crippen molar-refractivity contribution in [3.05, 3.63) is 95.3 Å². The van der Waals surface area contributed by atoms with Gasteiger partial charge in [0.25, 0.3) is 0 Å². The minimum atomic E-state index is -0.242. The number of hydrogen-bond donors (Lipinski definition) is 1. The molecule has 0 aromatic heterocycles. The topological polar surface area (TPSA) is 30.5 Å². The molecule has 0 spiro atoms. The highest BCUT2D eigenvalue weighted by atomic mass is 35.5. The molecule has 0 aliphatic heterocycles. The molecule has 0 heterocycles. The summed E-state index contributed by atoms with van der Waals surface area (Å²) in [6, 6.07) is 22.7. The molecule has 0 bridgehead atoms. The van der Waals surface area contributed by atoms with Gasteiger partial charge in [0.1, 0.15) is 23.9 Å². The smallest absolute Gasteiger partial charge is 0.129 e. The van der Waals surface area contributed by atoms with E-state index in [0.717, 1.165) is 36.6 Å². The third kappa shape index (κ3) is 6.55. The molecule has 0 fully saturated rings. The maximum Gasteiger partial charge on any atom is 0.129 e. The summed E-state index contributed by atoms with van der Waals surface area (Å²) in [7, 11) is 1.67. The van der Waals surface area contributed by atoms with E-state index in [4.69, 9.17) is 9.47 Å². The average molecular weight is 402 g/mol. The molecular formula is C23H25ClFNO2. The molecular weight excluding hydrogens is 377 g/mol. The van der Waals surface area contributed by atoms with Crippen molar-refractivity contribution in [2.24, 2.45) is 0 Å². The Hall–Kier alpha value is -2.56. The van der Waals surface area contributed by atoms with Crippen molar-refractivity contribution < 1.29 is 13.9 Å². The average Bonchev–Trinajstić information content (AvgIpc) is 2.71. The van der Waals surface area contributed by atoms with Gasteiger partial charge in [-0.3, -0.25) is 0 Å². The van der Waals surface area contributed by atoms with Crippen molar-refractivity contribution >= 4 is 12.4 Å². The quantitative estimate of drug-likeness (QED) is 0.502. The largest absolute Gasteiger partial charge is 0.497 e. The summed E-state index contributed by atoms with van der Waals surface area (Å²) in [4.78, 5) is 0. The molecule has 3 aromatic carbocycles. The van der Waals surface area contributed by atoms with E-state index in [1.54, 1.807) is 19.2 Å². The zero-order chi connectivity index (χ0) is 18.9. The second-order valence-corrected chi connectivity index (χ2v) is 6.30. The molecule has 0 amide bonds. The second-order valence-electron chi connectivity index (χ2n) is 6.30. The summed E-state index contributed by atoms with van der Waals surface area (Å²) in [6.45, 7) is 1.86. The normalized spacial score (nSPS) is 10.2. The first kappa shape index (κ1) is 21.7. The van der Waals surface area contributed by atoms with Crippen LogP contribution in [0.3, 0.4) is 0 Å². The molecule has 0 aliphatic rings. The van der Waals surface area contributed by atoms with Crippen LogP contribution in [-0.4, -0.2) is 13.7 Å². The molecule has 3 rings (SSSR count). The number of benzene rings is 3. The molecule has 0 unspecified atom stereocenters. The Morgan fingerprint density at radius 3 is 2.39 bits per heavy atom. The molecule has 1 N–H and O–H groups in total. The molecule has 5 heteroatoms. The number of methoxy groups -OCH3 is 1. The monoisotopic (exact) mass is 401 g/mol. The minimum Gasteiger partial charge on any atom is -0.497 e. The van der Waals surface area contributed by atoms with E-state index in [0.29, 0.717) is 5.56 Å². The van der Waals surface area contributed by atoms with Gasteiger partial charge >= 0.3 is 0 Å². The van der Waals surface area contributed by atoms with Gasteiger partial charge in [-0.15, -0.1) is 12.4 Å². The van der Waals surface area contributed by atoms with Crippen LogP contribution >= 0.6 is 12.4 Å². The van der Waals surface area contributed by atoms with Gasteiger partial charge in [-0.25, -0.2) is 4.39 Å². The fraction of sp³-hybridized carbons (Fsp3) is 0.217. The van der Waals surface area contributed by atoms with Gasteiger partial charge in [0.15, 0.2) is 0 Å². The van der Waals surface area contributed by atoms with Crippen molar-refractivity contribution in [3.63, 3.8) is 0 Å².